The Labute approximate surface area is 139 Å². The number of amides is 1. The van der Waals surface area contributed by atoms with E-state index in [2.05, 4.69) is 25.8 Å². The number of benzene rings is 1. The molecule has 0 atom stereocenters. The Kier molecular flexibility index (Phi) is 3.93. The Morgan fingerprint density at radius 1 is 1.29 bits per heavy atom. The first-order valence-electron chi connectivity index (χ1n) is 8.42. The lowest BCUT2D eigenvalue weighted by molar-refractivity contribution is -0.114. The maximum absolute atomic E-state index is 12.3. The van der Waals surface area contributed by atoms with E-state index in [0.29, 0.717) is 25.1 Å². The molecular formula is C17H21N5O2. The third-order valence-corrected chi connectivity index (χ3v) is 4.70. The smallest absolute Gasteiger partial charge is 0.269 e. The van der Waals surface area contributed by atoms with Crippen molar-refractivity contribution >= 4 is 22.7 Å². The van der Waals surface area contributed by atoms with Crippen LogP contribution < -0.4 is 10.6 Å². The van der Waals surface area contributed by atoms with Crippen LogP contribution in [0.25, 0.3) is 11.0 Å². The highest BCUT2D eigenvalue weighted by Gasteiger charge is 2.41. The van der Waals surface area contributed by atoms with Gasteiger partial charge in [-0.05, 0) is 25.2 Å². The molecule has 4 rings (SSSR count). The summed E-state index contributed by atoms with van der Waals surface area (Å²) in [4.78, 5) is 25.6. The first-order chi connectivity index (χ1) is 11.7. The fraction of sp³-hybridized carbons (Fsp3) is 0.471. The van der Waals surface area contributed by atoms with Crippen molar-refractivity contribution in [1.82, 2.24) is 20.6 Å². The summed E-state index contributed by atoms with van der Waals surface area (Å²) < 4.78 is 0. The number of carbonyl (C=O) groups excluding carboxylic acids is 1. The number of imidazole rings is 1. The Balaban J connectivity index is 1.29. The number of piperidine rings is 1. The SMILES string of the molecule is O=C(NCCc1nc2ccccc2[nH]1)C1=NOC2(CCNCC2)C1. The van der Waals surface area contributed by atoms with Crippen LogP contribution in [0.15, 0.2) is 29.4 Å². The van der Waals surface area contributed by atoms with Crippen LogP contribution in [0.1, 0.15) is 25.1 Å². The van der Waals surface area contributed by atoms with Gasteiger partial charge in [0.05, 0.1) is 11.0 Å². The normalized spacial score (nSPS) is 19.2. The molecule has 0 bridgehead atoms. The largest absolute Gasteiger partial charge is 0.388 e. The van der Waals surface area contributed by atoms with Crippen LogP contribution in [0.3, 0.4) is 0 Å². The van der Waals surface area contributed by atoms with Crippen molar-refractivity contribution in [1.29, 1.82) is 0 Å². The minimum absolute atomic E-state index is 0.137. The van der Waals surface area contributed by atoms with Gasteiger partial charge in [0.1, 0.15) is 17.1 Å². The topological polar surface area (TPSA) is 91.4 Å². The van der Waals surface area contributed by atoms with Gasteiger partial charge in [0, 0.05) is 32.2 Å². The molecule has 1 fully saturated rings. The summed E-state index contributed by atoms with van der Waals surface area (Å²) >= 11 is 0. The summed E-state index contributed by atoms with van der Waals surface area (Å²) in [6, 6.07) is 7.90. The van der Waals surface area contributed by atoms with Gasteiger partial charge in [0.25, 0.3) is 5.91 Å². The van der Waals surface area contributed by atoms with E-state index in [1.165, 1.54) is 0 Å². The number of para-hydroxylation sites is 2. The predicted octanol–water partition coefficient (Wildman–Crippen LogP) is 1.12. The molecule has 1 aromatic carbocycles. The van der Waals surface area contributed by atoms with Crippen LogP contribution in [-0.4, -0.2) is 46.8 Å². The molecule has 3 N–H and O–H groups in total. The van der Waals surface area contributed by atoms with Gasteiger partial charge >= 0.3 is 0 Å². The molecular weight excluding hydrogens is 306 g/mol. The Morgan fingerprint density at radius 2 is 2.12 bits per heavy atom. The van der Waals surface area contributed by atoms with E-state index in [0.717, 1.165) is 42.8 Å². The van der Waals surface area contributed by atoms with Crippen molar-refractivity contribution in [3.63, 3.8) is 0 Å². The Morgan fingerprint density at radius 3 is 2.96 bits per heavy atom. The van der Waals surface area contributed by atoms with Crippen LogP contribution in [0.4, 0.5) is 0 Å². The van der Waals surface area contributed by atoms with Gasteiger partial charge in [-0.1, -0.05) is 17.3 Å². The average molecular weight is 327 g/mol. The van der Waals surface area contributed by atoms with E-state index in [1.807, 2.05) is 24.3 Å². The zero-order chi connectivity index (χ0) is 16.4. The lowest BCUT2D eigenvalue weighted by atomic mass is 9.87. The number of carbonyl (C=O) groups is 1. The number of rotatable bonds is 4. The molecule has 3 heterocycles. The van der Waals surface area contributed by atoms with Gasteiger partial charge in [-0.2, -0.15) is 0 Å². The fourth-order valence-electron chi connectivity index (χ4n) is 3.31. The molecule has 126 valence electrons. The third kappa shape index (κ3) is 2.99. The number of hydrogen-bond acceptors (Lipinski definition) is 5. The summed E-state index contributed by atoms with van der Waals surface area (Å²) in [5.41, 5.74) is 2.19. The van der Waals surface area contributed by atoms with E-state index in [4.69, 9.17) is 4.84 Å². The summed E-state index contributed by atoms with van der Waals surface area (Å²) in [5.74, 6) is 0.734. The minimum atomic E-state index is -0.267. The van der Waals surface area contributed by atoms with Gasteiger partial charge in [-0.25, -0.2) is 4.98 Å². The zero-order valence-corrected chi connectivity index (χ0v) is 13.5. The molecule has 1 amide bonds. The van der Waals surface area contributed by atoms with Gasteiger partial charge in [-0.3, -0.25) is 4.79 Å². The molecule has 0 radical (unpaired) electrons. The van der Waals surface area contributed by atoms with E-state index in [-0.39, 0.29) is 11.5 Å². The quantitative estimate of drug-likeness (QED) is 0.785. The van der Waals surface area contributed by atoms with Crippen molar-refractivity contribution in [2.75, 3.05) is 19.6 Å². The Hall–Kier alpha value is -2.41. The maximum Gasteiger partial charge on any atom is 0.269 e. The molecule has 0 unspecified atom stereocenters. The van der Waals surface area contributed by atoms with E-state index >= 15 is 0 Å². The number of nitrogens with one attached hydrogen (secondary N) is 3. The number of H-pyrrole nitrogens is 1. The van der Waals surface area contributed by atoms with Crippen molar-refractivity contribution in [3.8, 4) is 0 Å². The molecule has 1 aromatic heterocycles. The molecule has 7 heteroatoms. The minimum Gasteiger partial charge on any atom is -0.388 e. The third-order valence-electron chi connectivity index (χ3n) is 4.70. The van der Waals surface area contributed by atoms with Crippen molar-refractivity contribution in [2.24, 2.45) is 5.16 Å². The van der Waals surface area contributed by atoms with E-state index in [1.54, 1.807) is 0 Å². The lowest BCUT2D eigenvalue weighted by Gasteiger charge is -2.30. The van der Waals surface area contributed by atoms with Crippen molar-refractivity contribution < 1.29 is 9.63 Å². The first kappa shape index (κ1) is 15.1. The molecule has 7 nitrogen and oxygen atoms in total. The molecule has 24 heavy (non-hydrogen) atoms. The number of aromatic amines is 1. The average Bonchev–Trinajstić information content (AvgIpc) is 3.19. The van der Waals surface area contributed by atoms with Crippen LogP contribution in [0, 0.1) is 0 Å². The maximum atomic E-state index is 12.3. The summed E-state index contributed by atoms with van der Waals surface area (Å²) in [6.07, 6.45) is 3.05. The monoisotopic (exact) mass is 327 g/mol. The second-order valence-corrected chi connectivity index (χ2v) is 6.45. The van der Waals surface area contributed by atoms with Gasteiger partial charge in [0.2, 0.25) is 0 Å². The van der Waals surface area contributed by atoms with Crippen LogP contribution >= 0.6 is 0 Å². The van der Waals surface area contributed by atoms with Crippen molar-refractivity contribution in [3.05, 3.63) is 30.1 Å². The number of aromatic nitrogens is 2. The molecule has 0 aliphatic carbocycles. The summed E-state index contributed by atoms with van der Waals surface area (Å²) in [5, 5.41) is 10.2. The van der Waals surface area contributed by atoms with Gasteiger partial charge in [0.15, 0.2) is 0 Å². The standard InChI is InChI=1S/C17H21N5O2/c23-16(14-11-17(24-22-14)6-9-18-10-7-17)19-8-5-15-20-12-3-1-2-4-13(12)21-15/h1-4,18H,5-11H2,(H,19,23)(H,20,21). The molecule has 1 spiro atoms. The lowest BCUT2D eigenvalue weighted by Crippen LogP contribution is -2.43. The molecule has 2 aromatic rings. The summed E-state index contributed by atoms with van der Waals surface area (Å²) in [7, 11) is 0. The Bertz CT molecular complexity index is 743. The number of nitrogens with zero attached hydrogens (tertiary/aromatic N) is 2. The van der Waals surface area contributed by atoms with E-state index in [9.17, 15) is 4.79 Å². The number of fused-ring (bicyclic) bond motifs is 1. The predicted molar refractivity (Wildman–Crippen MR) is 90.8 cm³/mol. The van der Waals surface area contributed by atoms with Gasteiger partial charge < -0.3 is 20.5 Å². The van der Waals surface area contributed by atoms with Gasteiger partial charge in [-0.15, -0.1) is 0 Å². The van der Waals surface area contributed by atoms with E-state index < -0.39 is 0 Å². The fourth-order valence-corrected chi connectivity index (χ4v) is 3.31. The number of hydrogen-bond donors (Lipinski definition) is 3. The highest BCUT2D eigenvalue weighted by Crippen LogP contribution is 2.32. The van der Waals surface area contributed by atoms with Crippen LogP contribution in [0.2, 0.25) is 0 Å². The van der Waals surface area contributed by atoms with Crippen molar-refractivity contribution in [2.45, 2.75) is 31.3 Å². The number of oxime groups is 1. The molecule has 2 aliphatic heterocycles. The highest BCUT2D eigenvalue weighted by atomic mass is 16.7. The highest BCUT2D eigenvalue weighted by molar-refractivity contribution is 6.39. The second-order valence-electron chi connectivity index (χ2n) is 6.45. The molecule has 1 saturated heterocycles. The molecule has 2 aliphatic rings. The molecule has 0 saturated carbocycles. The van der Waals surface area contributed by atoms with Crippen LogP contribution in [0.5, 0.6) is 0 Å². The zero-order valence-electron chi connectivity index (χ0n) is 13.5. The van der Waals surface area contributed by atoms with Crippen LogP contribution in [-0.2, 0) is 16.1 Å². The second kappa shape index (κ2) is 6.24. The summed E-state index contributed by atoms with van der Waals surface area (Å²) in [6.45, 7) is 2.35. The first-order valence-corrected chi connectivity index (χ1v) is 8.42.